The summed E-state index contributed by atoms with van der Waals surface area (Å²) in [6.07, 6.45) is 35.1. The lowest BCUT2D eigenvalue weighted by molar-refractivity contribution is -0.889. The van der Waals surface area contributed by atoms with Gasteiger partial charge >= 0.3 is 11.9 Å². The third-order valence-electron chi connectivity index (χ3n) is 9.65. The molecule has 0 radical (unpaired) electrons. The number of carboxylic acid groups (broad SMARTS) is 1. The molecule has 0 spiro atoms. The van der Waals surface area contributed by atoms with E-state index in [0.29, 0.717) is 12.8 Å². The van der Waals surface area contributed by atoms with Crippen molar-refractivity contribution in [2.45, 2.75) is 206 Å². The number of hydrogen-bond acceptors (Lipinski definition) is 7. The zero-order chi connectivity index (χ0) is 37.8. The quantitative estimate of drug-likeness (QED) is 0.0271. The van der Waals surface area contributed by atoms with Gasteiger partial charge < -0.3 is 28.6 Å². The van der Waals surface area contributed by atoms with E-state index in [4.69, 9.17) is 14.2 Å². The molecule has 0 saturated carbocycles. The number of quaternary nitrogens is 1. The van der Waals surface area contributed by atoms with E-state index >= 15 is 0 Å². The van der Waals surface area contributed by atoms with Crippen molar-refractivity contribution >= 4 is 17.9 Å². The Morgan fingerprint density at radius 3 is 1.41 bits per heavy atom. The van der Waals surface area contributed by atoms with E-state index in [-0.39, 0.29) is 42.7 Å². The first-order chi connectivity index (χ1) is 24.6. The summed E-state index contributed by atoms with van der Waals surface area (Å²) in [6.45, 7) is 4.65. The fourth-order valence-corrected chi connectivity index (χ4v) is 6.30. The molecule has 0 bridgehead atoms. The summed E-state index contributed by atoms with van der Waals surface area (Å²) in [5.41, 5.74) is 0. The first-order valence-electron chi connectivity index (χ1n) is 21.2. The van der Waals surface area contributed by atoms with E-state index in [1.807, 2.05) is 0 Å². The molecule has 300 valence electrons. The van der Waals surface area contributed by atoms with Crippen molar-refractivity contribution in [3.63, 3.8) is 0 Å². The minimum atomic E-state index is -1.12. The van der Waals surface area contributed by atoms with Gasteiger partial charge in [-0.2, -0.15) is 0 Å². The zero-order valence-electron chi connectivity index (χ0n) is 34.0. The van der Waals surface area contributed by atoms with Gasteiger partial charge in [0, 0.05) is 19.3 Å². The number of aliphatic carboxylic acids is 1. The van der Waals surface area contributed by atoms with Crippen molar-refractivity contribution < 1.29 is 38.2 Å². The highest BCUT2D eigenvalue weighted by Crippen LogP contribution is 2.14. The van der Waals surface area contributed by atoms with Crippen molar-refractivity contribution in [3.05, 3.63) is 12.2 Å². The zero-order valence-corrected chi connectivity index (χ0v) is 34.0. The van der Waals surface area contributed by atoms with Crippen LogP contribution in [-0.4, -0.2) is 75.5 Å². The lowest BCUT2D eigenvalue weighted by Crippen LogP contribution is -2.55. The Labute approximate surface area is 314 Å². The summed E-state index contributed by atoms with van der Waals surface area (Å²) in [5.74, 6) is -1.74. The van der Waals surface area contributed by atoms with Gasteiger partial charge in [-0.25, -0.2) is 0 Å². The van der Waals surface area contributed by atoms with Gasteiger partial charge in [-0.1, -0.05) is 148 Å². The monoisotopic (exact) mass is 724 g/mol. The molecule has 8 heteroatoms. The van der Waals surface area contributed by atoms with Crippen LogP contribution in [0.15, 0.2) is 12.2 Å². The Bertz CT molecular complexity index is 854. The van der Waals surface area contributed by atoms with Crippen molar-refractivity contribution in [2.24, 2.45) is 0 Å². The molecule has 0 heterocycles. The molecule has 0 aliphatic rings. The number of likely N-dealkylation sites (N-methyl/N-ethyl adjacent to an activating group) is 1. The Morgan fingerprint density at radius 2 is 0.980 bits per heavy atom. The minimum Gasteiger partial charge on any atom is -0.544 e. The highest BCUT2D eigenvalue weighted by molar-refractivity contribution is 5.70. The molecule has 0 aliphatic heterocycles. The fourth-order valence-electron chi connectivity index (χ4n) is 6.30. The number of nitrogens with zero attached hydrogens (tertiary/aromatic N) is 1. The standard InChI is InChI=1S/C43H81NO7/c1-6-8-10-12-14-16-18-19-20-21-22-24-26-28-30-32-34-42(46)51-39(37-49-36-35-40(43(47)48)44(3,4)5)38-50-41(45)33-31-29-27-25-23-17-15-13-11-9-7-2/h20-21,39-40H,6-19,22-38H2,1-5H3/b21-20+. The SMILES string of the molecule is CCCCCCCCC/C=C/CCCCCCCC(=O)OC(COCCC(C(=O)[O-])[N+](C)(C)C)COC(=O)CCCCCCCCCCCCC. The summed E-state index contributed by atoms with van der Waals surface area (Å²) in [5, 5.41) is 11.6. The number of hydrogen-bond donors (Lipinski definition) is 0. The molecule has 51 heavy (non-hydrogen) atoms. The van der Waals surface area contributed by atoms with Gasteiger partial charge in [-0.3, -0.25) is 9.59 Å². The van der Waals surface area contributed by atoms with Crippen LogP contribution < -0.4 is 5.11 Å². The van der Waals surface area contributed by atoms with Crippen LogP contribution in [-0.2, 0) is 28.6 Å². The van der Waals surface area contributed by atoms with Gasteiger partial charge in [-0.15, -0.1) is 0 Å². The second-order valence-electron chi connectivity index (χ2n) is 15.6. The van der Waals surface area contributed by atoms with Crippen LogP contribution >= 0.6 is 0 Å². The number of carbonyl (C=O) groups excluding carboxylic acids is 3. The van der Waals surface area contributed by atoms with E-state index in [0.717, 1.165) is 51.4 Å². The molecule has 2 unspecified atom stereocenters. The second kappa shape index (κ2) is 35.1. The molecule has 0 fully saturated rings. The molecular formula is C43H81NO7. The smallest absolute Gasteiger partial charge is 0.306 e. The molecule has 0 aromatic rings. The first-order valence-corrected chi connectivity index (χ1v) is 21.2. The van der Waals surface area contributed by atoms with Gasteiger partial charge in [0.25, 0.3) is 0 Å². The van der Waals surface area contributed by atoms with Crippen LogP contribution in [0, 0.1) is 0 Å². The predicted molar refractivity (Wildman–Crippen MR) is 208 cm³/mol. The minimum absolute atomic E-state index is 0.0425. The summed E-state index contributed by atoms with van der Waals surface area (Å²) in [7, 11) is 5.40. The molecule has 0 amide bonds. The van der Waals surface area contributed by atoms with E-state index in [9.17, 15) is 19.5 Å². The average molecular weight is 724 g/mol. The van der Waals surface area contributed by atoms with Crippen LogP contribution in [0.4, 0.5) is 0 Å². The van der Waals surface area contributed by atoms with Gasteiger partial charge in [0.2, 0.25) is 0 Å². The highest BCUT2D eigenvalue weighted by atomic mass is 16.6. The van der Waals surface area contributed by atoms with E-state index in [1.165, 1.54) is 109 Å². The predicted octanol–water partition coefficient (Wildman–Crippen LogP) is 9.80. The largest absolute Gasteiger partial charge is 0.544 e. The summed E-state index contributed by atoms with van der Waals surface area (Å²) >= 11 is 0. The topological polar surface area (TPSA) is 102 Å². The van der Waals surface area contributed by atoms with Gasteiger partial charge in [0.15, 0.2) is 6.10 Å². The van der Waals surface area contributed by atoms with Crippen LogP contribution in [0.25, 0.3) is 0 Å². The maximum absolute atomic E-state index is 12.7. The Hall–Kier alpha value is -1.93. The number of unbranched alkanes of at least 4 members (excludes halogenated alkanes) is 22. The second-order valence-corrected chi connectivity index (χ2v) is 15.6. The van der Waals surface area contributed by atoms with E-state index in [2.05, 4.69) is 26.0 Å². The van der Waals surface area contributed by atoms with Crippen molar-refractivity contribution in [2.75, 3.05) is 41.0 Å². The summed E-state index contributed by atoms with van der Waals surface area (Å²) < 4.78 is 17.1. The van der Waals surface area contributed by atoms with Crippen LogP contribution in [0.1, 0.15) is 194 Å². The van der Waals surface area contributed by atoms with Crippen molar-refractivity contribution in [3.8, 4) is 0 Å². The van der Waals surface area contributed by atoms with Gasteiger partial charge in [0.1, 0.15) is 12.6 Å². The third-order valence-corrected chi connectivity index (χ3v) is 9.65. The van der Waals surface area contributed by atoms with E-state index in [1.54, 1.807) is 21.1 Å². The molecular weight excluding hydrogens is 642 g/mol. The normalized spacial score (nSPS) is 13.0. The summed E-state index contributed by atoms with van der Waals surface area (Å²) in [4.78, 5) is 36.7. The van der Waals surface area contributed by atoms with Gasteiger partial charge in [0.05, 0.1) is 40.3 Å². The maximum atomic E-state index is 12.7. The van der Waals surface area contributed by atoms with Crippen molar-refractivity contribution in [1.29, 1.82) is 0 Å². The fraction of sp³-hybridized carbons (Fsp3) is 0.884. The molecule has 2 atom stereocenters. The third kappa shape index (κ3) is 33.6. The molecule has 8 nitrogen and oxygen atoms in total. The Morgan fingerprint density at radius 1 is 0.569 bits per heavy atom. The molecule has 0 aromatic carbocycles. The van der Waals surface area contributed by atoms with E-state index < -0.39 is 18.1 Å². The Balaban J connectivity index is 4.35. The molecule has 0 aromatic heterocycles. The number of allylic oxidation sites excluding steroid dienone is 2. The highest BCUT2D eigenvalue weighted by Gasteiger charge is 2.25. The van der Waals surface area contributed by atoms with Crippen LogP contribution in [0.5, 0.6) is 0 Å². The number of ether oxygens (including phenoxy) is 3. The molecule has 0 rings (SSSR count). The van der Waals surface area contributed by atoms with Crippen LogP contribution in [0.3, 0.4) is 0 Å². The molecule has 0 aliphatic carbocycles. The molecule has 0 N–H and O–H groups in total. The van der Waals surface area contributed by atoms with Crippen molar-refractivity contribution in [1.82, 2.24) is 0 Å². The number of rotatable bonds is 38. The first kappa shape index (κ1) is 49.1. The molecule has 0 saturated heterocycles. The number of esters is 2. The number of carboxylic acids is 1. The number of carbonyl (C=O) groups is 3. The average Bonchev–Trinajstić information content (AvgIpc) is 3.08. The lowest BCUT2D eigenvalue weighted by atomic mass is 10.1. The van der Waals surface area contributed by atoms with Crippen LogP contribution in [0.2, 0.25) is 0 Å². The summed E-state index contributed by atoms with van der Waals surface area (Å²) in [6, 6.07) is -0.722. The van der Waals surface area contributed by atoms with Gasteiger partial charge in [-0.05, 0) is 38.5 Å². The maximum Gasteiger partial charge on any atom is 0.306 e. The Kier molecular flexibility index (Phi) is 33.8. The lowest BCUT2D eigenvalue weighted by Gasteiger charge is -2.34.